The van der Waals surface area contributed by atoms with Crippen molar-refractivity contribution in [1.82, 2.24) is 9.97 Å². The minimum Gasteiger partial charge on any atom is -0.385 e. The Kier molecular flexibility index (Phi) is 4.75. The van der Waals surface area contributed by atoms with Crippen LogP contribution in [-0.2, 0) is 4.74 Å². The summed E-state index contributed by atoms with van der Waals surface area (Å²) in [7, 11) is 3.63. The topological polar surface area (TPSA) is 59.1 Å². The van der Waals surface area contributed by atoms with E-state index in [-0.39, 0.29) is 0 Å². The van der Waals surface area contributed by atoms with Crippen LogP contribution in [0.15, 0.2) is 6.07 Å². The zero-order valence-corrected chi connectivity index (χ0v) is 11.2. The molecular weight excluding hydrogens is 228 g/mol. The number of ether oxygens (including phenoxy) is 1. The molecule has 0 atom stereocenters. The molecule has 1 saturated carbocycles. The molecule has 1 heterocycles. The van der Waals surface area contributed by atoms with Crippen molar-refractivity contribution < 1.29 is 4.74 Å². The third-order valence-corrected chi connectivity index (χ3v) is 3.02. The van der Waals surface area contributed by atoms with E-state index in [2.05, 4.69) is 20.6 Å². The standard InChI is InChI=1S/C13H22N4O/c1-14-11-9-12(15-7-3-4-8-18-2)17-13(16-11)10-5-6-10/h9-10H,3-8H2,1-2H3,(H2,14,15,16,17). The molecule has 5 heteroatoms. The van der Waals surface area contributed by atoms with Gasteiger partial charge in [-0.1, -0.05) is 0 Å². The highest BCUT2D eigenvalue weighted by Gasteiger charge is 2.27. The van der Waals surface area contributed by atoms with Gasteiger partial charge in [0.2, 0.25) is 0 Å². The van der Waals surface area contributed by atoms with Crippen LogP contribution < -0.4 is 10.6 Å². The van der Waals surface area contributed by atoms with Gasteiger partial charge in [0.05, 0.1) is 0 Å². The Morgan fingerprint density at radius 3 is 2.72 bits per heavy atom. The molecule has 2 N–H and O–H groups in total. The number of methoxy groups -OCH3 is 1. The van der Waals surface area contributed by atoms with Gasteiger partial charge in [-0.2, -0.15) is 0 Å². The normalized spacial score (nSPS) is 14.6. The Morgan fingerprint density at radius 1 is 1.28 bits per heavy atom. The third-order valence-electron chi connectivity index (χ3n) is 3.02. The van der Waals surface area contributed by atoms with Crippen molar-refractivity contribution in [1.29, 1.82) is 0 Å². The van der Waals surface area contributed by atoms with E-state index in [4.69, 9.17) is 4.74 Å². The Hall–Kier alpha value is -1.36. The van der Waals surface area contributed by atoms with Gasteiger partial charge in [0.15, 0.2) is 0 Å². The van der Waals surface area contributed by atoms with E-state index in [1.165, 1.54) is 12.8 Å². The number of unbranched alkanes of at least 4 members (excludes halogenated alkanes) is 1. The van der Waals surface area contributed by atoms with Gasteiger partial charge in [-0.05, 0) is 25.7 Å². The smallest absolute Gasteiger partial charge is 0.136 e. The molecule has 0 radical (unpaired) electrons. The van der Waals surface area contributed by atoms with Crippen LogP contribution in [0.5, 0.6) is 0 Å². The third kappa shape index (κ3) is 3.84. The molecule has 100 valence electrons. The van der Waals surface area contributed by atoms with E-state index >= 15 is 0 Å². The van der Waals surface area contributed by atoms with E-state index in [9.17, 15) is 0 Å². The molecule has 1 aromatic heterocycles. The maximum Gasteiger partial charge on any atom is 0.136 e. The van der Waals surface area contributed by atoms with Crippen LogP contribution in [0.4, 0.5) is 11.6 Å². The highest BCUT2D eigenvalue weighted by atomic mass is 16.5. The summed E-state index contributed by atoms with van der Waals surface area (Å²) in [5, 5.41) is 6.44. The lowest BCUT2D eigenvalue weighted by Gasteiger charge is -2.09. The SMILES string of the molecule is CNc1cc(NCCCCOC)nc(C2CC2)n1. The molecule has 5 nitrogen and oxygen atoms in total. The predicted molar refractivity (Wildman–Crippen MR) is 73.2 cm³/mol. The quantitative estimate of drug-likeness (QED) is 0.693. The van der Waals surface area contributed by atoms with Crippen LogP contribution >= 0.6 is 0 Å². The van der Waals surface area contributed by atoms with E-state index in [1.54, 1.807) is 7.11 Å². The first-order valence-electron chi connectivity index (χ1n) is 6.63. The number of hydrogen-bond donors (Lipinski definition) is 2. The second-order valence-corrected chi connectivity index (χ2v) is 4.65. The number of aromatic nitrogens is 2. The number of anilines is 2. The van der Waals surface area contributed by atoms with Crippen molar-refractivity contribution >= 4 is 11.6 Å². The first-order chi connectivity index (χ1) is 8.83. The molecule has 1 fully saturated rings. The number of hydrogen-bond acceptors (Lipinski definition) is 5. The summed E-state index contributed by atoms with van der Waals surface area (Å²) in [5.41, 5.74) is 0. The maximum absolute atomic E-state index is 5.03. The summed E-state index contributed by atoms with van der Waals surface area (Å²) in [6.07, 6.45) is 4.61. The Balaban J connectivity index is 1.88. The second-order valence-electron chi connectivity index (χ2n) is 4.65. The van der Waals surface area contributed by atoms with Gasteiger partial charge >= 0.3 is 0 Å². The molecule has 0 bridgehead atoms. The van der Waals surface area contributed by atoms with Crippen LogP contribution in [0.2, 0.25) is 0 Å². The van der Waals surface area contributed by atoms with E-state index in [1.807, 2.05) is 13.1 Å². The largest absolute Gasteiger partial charge is 0.385 e. The van der Waals surface area contributed by atoms with Crippen LogP contribution in [0, 0.1) is 0 Å². The first-order valence-corrected chi connectivity index (χ1v) is 6.63. The van der Waals surface area contributed by atoms with Gasteiger partial charge in [-0.15, -0.1) is 0 Å². The summed E-state index contributed by atoms with van der Waals surface area (Å²) < 4.78 is 5.03. The van der Waals surface area contributed by atoms with Crippen LogP contribution in [0.1, 0.15) is 37.4 Å². The van der Waals surface area contributed by atoms with E-state index < -0.39 is 0 Å². The Morgan fingerprint density at radius 2 is 2.06 bits per heavy atom. The molecule has 1 aromatic rings. The zero-order chi connectivity index (χ0) is 12.8. The highest BCUT2D eigenvalue weighted by molar-refractivity contribution is 5.47. The van der Waals surface area contributed by atoms with Gasteiger partial charge < -0.3 is 15.4 Å². The molecule has 0 aromatic carbocycles. The van der Waals surface area contributed by atoms with Crippen LogP contribution in [0.3, 0.4) is 0 Å². The first kappa shape index (κ1) is 13.1. The lowest BCUT2D eigenvalue weighted by molar-refractivity contribution is 0.194. The maximum atomic E-state index is 5.03. The van der Waals surface area contributed by atoms with Crippen molar-refractivity contribution in [2.24, 2.45) is 0 Å². The summed E-state index contributed by atoms with van der Waals surface area (Å²) in [5.74, 6) is 3.37. The summed E-state index contributed by atoms with van der Waals surface area (Å²) in [6.45, 7) is 1.74. The Bertz CT molecular complexity index is 379. The molecule has 2 rings (SSSR count). The molecule has 0 spiro atoms. The molecule has 18 heavy (non-hydrogen) atoms. The molecular formula is C13H22N4O. The van der Waals surface area contributed by atoms with Gasteiger partial charge in [-0.3, -0.25) is 0 Å². The van der Waals surface area contributed by atoms with Crippen LogP contribution in [-0.4, -0.2) is 37.3 Å². The number of rotatable bonds is 8. The molecule has 1 aliphatic carbocycles. The fourth-order valence-corrected chi connectivity index (χ4v) is 1.80. The van der Waals surface area contributed by atoms with Gasteiger partial charge in [0, 0.05) is 39.3 Å². The van der Waals surface area contributed by atoms with Gasteiger partial charge in [0.25, 0.3) is 0 Å². The molecule has 0 unspecified atom stereocenters. The summed E-state index contributed by atoms with van der Waals surface area (Å²) >= 11 is 0. The van der Waals surface area contributed by atoms with E-state index in [0.29, 0.717) is 5.92 Å². The lowest BCUT2D eigenvalue weighted by Crippen LogP contribution is -2.08. The van der Waals surface area contributed by atoms with E-state index in [0.717, 1.165) is 43.5 Å². The lowest BCUT2D eigenvalue weighted by atomic mass is 10.3. The number of nitrogens with one attached hydrogen (secondary N) is 2. The molecule has 0 aliphatic heterocycles. The van der Waals surface area contributed by atoms with Crippen molar-refractivity contribution in [3.63, 3.8) is 0 Å². The van der Waals surface area contributed by atoms with Crippen molar-refractivity contribution in [2.45, 2.75) is 31.6 Å². The van der Waals surface area contributed by atoms with Crippen molar-refractivity contribution in [3.8, 4) is 0 Å². The van der Waals surface area contributed by atoms with Gasteiger partial charge in [-0.25, -0.2) is 9.97 Å². The fourth-order valence-electron chi connectivity index (χ4n) is 1.80. The minimum absolute atomic E-state index is 0.576. The fraction of sp³-hybridized carbons (Fsp3) is 0.692. The highest BCUT2D eigenvalue weighted by Crippen LogP contribution is 2.38. The monoisotopic (exact) mass is 250 g/mol. The molecule has 0 amide bonds. The zero-order valence-electron chi connectivity index (χ0n) is 11.2. The average Bonchev–Trinajstić information content (AvgIpc) is 3.22. The van der Waals surface area contributed by atoms with Crippen molar-refractivity contribution in [2.75, 3.05) is 37.9 Å². The van der Waals surface area contributed by atoms with Gasteiger partial charge in [0.1, 0.15) is 17.5 Å². The summed E-state index contributed by atoms with van der Waals surface area (Å²) in [6, 6.07) is 1.96. The summed E-state index contributed by atoms with van der Waals surface area (Å²) in [4.78, 5) is 9.06. The second kappa shape index (κ2) is 6.54. The predicted octanol–water partition coefficient (Wildman–Crippen LogP) is 2.23. The molecule has 0 saturated heterocycles. The molecule has 1 aliphatic rings. The van der Waals surface area contributed by atoms with Crippen molar-refractivity contribution in [3.05, 3.63) is 11.9 Å². The Labute approximate surface area is 108 Å². The minimum atomic E-state index is 0.576. The average molecular weight is 250 g/mol. The van der Waals surface area contributed by atoms with Crippen LogP contribution in [0.25, 0.3) is 0 Å². The number of nitrogens with zero attached hydrogens (tertiary/aromatic N) is 2.